The van der Waals surface area contributed by atoms with E-state index in [1.165, 1.54) is 6.42 Å². The number of nitrogens with zero attached hydrogens (tertiary/aromatic N) is 4. The van der Waals surface area contributed by atoms with E-state index in [4.69, 9.17) is 0 Å². The van der Waals surface area contributed by atoms with Crippen LogP contribution in [0.5, 0.6) is 0 Å². The number of carbonyl (C=O) groups is 1. The predicted octanol–water partition coefficient (Wildman–Crippen LogP) is 1.25. The molecule has 0 bridgehead atoms. The van der Waals surface area contributed by atoms with Crippen LogP contribution in [0.15, 0.2) is 18.3 Å². The van der Waals surface area contributed by atoms with E-state index in [-0.39, 0.29) is 5.91 Å². The molecule has 0 saturated carbocycles. The second kappa shape index (κ2) is 5.05. The van der Waals surface area contributed by atoms with Crippen LogP contribution < -0.4 is 5.32 Å². The lowest BCUT2D eigenvalue weighted by molar-refractivity contribution is 0.0607. The number of hydrogen-bond acceptors (Lipinski definition) is 4. The lowest BCUT2D eigenvalue weighted by Gasteiger charge is -2.38. The van der Waals surface area contributed by atoms with Gasteiger partial charge in [-0.15, -0.1) is 10.2 Å². The van der Waals surface area contributed by atoms with Crippen molar-refractivity contribution in [1.82, 2.24) is 24.8 Å². The van der Waals surface area contributed by atoms with Crippen LogP contribution in [0.4, 0.5) is 0 Å². The SMILES string of the molecule is Cc1nnc2ccc(C(=O)N3CCC4(CCNC4)CC3)cn12. The first kappa shape index (κ1) is 13.7. The molecule has 1 N–H and O–H groups in total. The first-order valence-electron chi connectivity index (χ1n) is 7.98. The predicted molar refractivity (Wildman–Crippen MR) is 82.8 cm³/mol. The molecule has 4 heterocycles. The van der Waals surface area contributed by atoms with Gasteiger partial charge < -0.3 is 10.2 Å². The third-order valence-corrected chi connectivity index (χ3v) is 5.26. The van der Waals surface area contributed by atoms with E-state index in [9.17, 15) is 4.79 Å². The van der Waals surface area contributed by atoms with E-state index in [1.54, 1.807) is 0 Å². The highest BCUT2D eigenvalue weighted by Crippen LogP contribution is 2.37. The van der Waals surface area contributed by atoms with Crippen molar-refractivity contribution in [2.24, 2.45) is 5.41 Å². The molecule has 4 rings (SSSR count). The number of nitrogens with one attached hydrogen (secondary N) is 1. The summed E-state index contributed by atoms with van der Waals surface area (Å²) in [7, 11) is 0. The van der Waals surface area contributed by atoms with Gasteiger partial charge in [0.1, 0.15) is 5.82 Å². The summed E-state index contributed by atoms with van der Waals surface area (Å²) in [5.41, 5.74) is 1.94. The molecule has 1 amide bonds. The molecule has 2 fully saturated rings. The van der Waals surface area contributed by atoms with Gasteiger partial charge in [0, 0.05) is 25.8 Å². The highest BCUT2D eigenvalue weighted by molar-refractivity contribution is 5.94. The summed E-state index contributed by atoms with van der Waals surface area (Å²) in [4.78, 5) is 14.7. The van der Waals surface area contributed by atoms with Crippen molar-refractivity contribution in [3.63, 3.8) is 0 Å². The van der Waals surface area contributed by atoms with Crippen LogP contribution in [-0.2, 0) is 0 Å². The Morgan fingerprint density at radius 2 is 2.05 bits per heavy atom. The van der Waals surface area contributed by atoms with Gasteiger partial charge in [-0.25, -0.2) is 0 Å². The van der Waals surface area contributed by atoms with Crippen LogP contribution in [0.2, 0.25) is 0 Å². The van der Waals surface area contributed by atoms with Crippen molar-refractivity contribution in [3.05, 3.63) is 29.7 Å². The number of hydrogen-bond donors (Lipinski definition) is 1. The Labute approximate surface area is 129 Å². The topological polar surface area (TPSA) is 62.5 Å². The Bertz CT molecular complexity index is 706. The van der Waals surface area contributed by atoms with Crippen molar-refractivity contribution in [1.29, 1.82) is 0 Å². The molecule has 0 unspecified atom stereocenters. The molecule has 2 aromatic rings. The molecule has 2 saturated heterocycles. The van der Waals surface area contributed by atoms with Gasteiger partial charge in [-0.3, -0.25) is 9.20 Å². The lowest BCUT2D eigenvalue weighted by Crippen LogP contribution is -2.44. The number of fused-ring (bicyclic) bond motifs is 1. The normalized spacial score (nSPS) is 20.9. The number of aromatic nitrogens is 3. The smallest absolute Gasteiger partial charge is 0.255 e. The number of pyridine rings is 1. The molecule has 2 aliphatic heterocycles. The monoisotopic (exact) mass is 299 g/mol. The van der Waals surface area contributed by atoms with Gasteiger partial charge in [-0.2, -0.15) is 0 Å². The molecular weight excluding hydrogens is 278 g/mol. The molecule has 2 aliphatic rings. The first-order chi connectivity index (χ1) is 10.7. The molecular formula is C16H21N5O. The van der Waals surface area contributed by atoms with Gasteiger partial charge in [0.25, 0.3) is 5.91 Å². The molecule has 0 aromatic carbocycles. The number of carbonyl (C=O) groups excluding carboxylic acids is 1. The maximum Gasteiger partial charge on any atom is 0.255 e. The zero-order valence-electron chi connectivity index (χ0n) is 12.9. The average molecular weight is 299 g/mol. The van der Waals surface area contributed by atoms with Crippen molar-refractivity contribution < 1.29 is 4.79 Å². The summed E-state index contributed by atoms with van der Waals surface area (Å²) < 4.78 is 1.87. The second-order valence-electron chi connectivity index (χ2n) is 6.61. The Morgan fingerprint density at radius 1 is 1.23 bits per heavy atom. The number of likely N-dealkylation sites (tertiary alicyclic amines) is 1. The number of aryl methyl sites for hydroxylation is 1. The van der Waals surface area contributed by atoms with E-state index in [0.29, 0.717) is 5.41 Å². The number of rotatable bonds is 1. The quantitative estimate of drug-likeness (QED) is 0.861. The molecule has 2 aromatic heterocycles. The Kier molecular flexibility index (Phi) is 3.14. The van der Waals surface area contributed by atoms with Gasteiger partial charge >= 0.3 is 0 Å². The molecule has 22 heavy (non-hydrogen) atoms. The van der Waals surface area contributed by atoms with E-state index in [2.05, 4.69) is 15.5 Å². The second-order valence-corrected chi connectivity index (χ2v) is 6.61. The van der Waals surface area contributed by atoms with Crippen LogP contribution in [0.3, 0.4) is 0 Å². The Morgan fingerprint density at radius 3 is 2.77 bits per heavy atom. The third-order valence-electron chi connectivity index (χ3n) is 5.26. The number of amides is 1. The summed E-state index contributed by atoms with van der Waals surface area (Å²) in [6, 6.07) is 3.72. The van der Waals surface area contributed by atoms with Crippen molar-refractivity contribution in [2.75, 3.05) is 26.2 Å². The van der Waals surface area contributed by atoms with Crippen LogP contribution in [0.1, 0.15) is 35.4 Å². The fourth-order valence-corrected chi connectivity index (χ4v) is 3.72. The average Bonchev–Trinajstić information content (AvgIpc) is 3.15. The minimum Gasteiger partial charge on any atom is -0.339 e. The maximum atomic E-state index is 12.7. The molecule has 0 radical (unpaired) electrons. The minimum absolute atomic E-state index is 0.121. The molecule has 1 spiro atoms. The zero-order valence-corrected chi connectivity index (χ0v) is 12.9. The lowest BCUT2D eigenvalue weighted by atomic mass is 9.78. The Balaban J connectivity index is 1.52. The van der Waals surface area contributed by atoms with E-state index < -0.39 is 0 Å². The molecule has 116 valence electrons. The largest absolute Gasteiger partial charge is 0.339 e. The first-order valence-corrected chi connectivity index (χ1v) is 7.98. The van der Waals surface area contributed by atoms with Gasteiger partial charge in [0.15, 0.2) is 5.65 Å². The fraction of sp³-hybridized carbons (Fsp3) is 0.562. The third kappa shape index (κ3) is 2.18. The van der Waals surface area contributed by atoms with Gasteiger partial charge in [-0.1, -0.05) is 0 Å². The standard InChI is InChI=1S/C16H21N5O/c1-12-18-19-14-3-2-13(10-21(12)14)15(22)20-8-5-16(6-9-20)4-7-17-11-16/h2-3,10,17H,4-9,11H2,1H3. The van der Waals surface area contributed by atoms with Crippen molar-refractivity contribution in [2.45, 2.75) is 26.2 Å². The van der Waals surface area contributed by atoms with Crippen LogP contribution in [0, 0.1) is 12.3 Å². The summed E-state index contributed by atoms with van der Waals surface area (Å²) in [5, 5.41) is 11.6. The van der Waals surface area contributed by atoms with E-state index >= 15 is 0 Å². The van der Waals surface area contributed by atoms with Crippen LogP contribution in [0.25, 0.3) is 5.65 Å². The summed E-state index contributed by atoms with van der Waals surface area (Å²) in [5.74, 6) is 0.926. The number of piperidine rings is 1. The molecule has 0 atom stereocenters. The maximum absolute atomic E-state index is 12.7. The van der Waals surface area contributed by atoms with Gasteiger partial charge in [0.2, 0.25) is 0 Å². The fourth-order valence-electron chi connectivity index (χ4n) is 3.72. The molecule has 6 nitrogen and oxygen atoms in total. The molecule has 0 aliphatic carbocycles. The van der Waals surface area contributed by atoms with Crippen LogP contribution >= 0.6 is 0 Å². The zero-order chi connectivity index (χ0) is 15.2. The van der Waals surface area contributed by atoms with Crippen molar-refractivity contribution >= 4 is 11.6 Å². The van der Waals surface area contributed by atoms with E-state index in [0.717, 1.165) is 56.1 Å². The van der Waals surface area contributed by atoms with Crippen LogP contribution in [-0.4, -0.2) is 51.6 Å². The Hall–Kier alpha value is -1.95. The summed E-state index contributed by atoms with van der Waals surface area (Å²) >= 11 is 0. The van der Waals surface area contributed by atoms with Gasteiger partial charge in [0.05, 0.1) is 5.56 Å². The van der Waals surface area contributed by atoms with Gasteiger partial charge in [-0.05, 0) is 50.3 Å². The minimum atomic E-state index is 0.121. The van der Waals surface area contributed by atoms with E-state index in [1.807, 2.05) is 34.6 Å². The highest BCUT2D eigenvalue weighted by Gasteiger charge is 2.38. The summed E-state index contributed by atoms with van der Waals surface area (Å²) in [6.45, 7) is 5.85. The molecule has 6 heteroatoms. The summed E-state index contributed by atoms with van der Waals surface area (Å²) in [6.07, 6.45) is 5.33. The highest BCUT2D eigenvalue weighted by atomic mass is 16.2. The van der Waals surface area contributed by atoms with Crippen molar-refractivity contribution in [3.8, 4) is 0 Å².